The van der Waals surface area contributed by atoms with Crippen molar-refractivity contribution in [2.45, 2.75) is 10.9 Å². The van der Waals surface area contributed by atoms with Gasteiger partial charge < -0.3 is 4.98 Å². The zero-order valence-electron chi connectivity index (χ0n) is 12.5. The number of thioether (sulfide) groups is 1. The van der Waals surface area contributed by atoms with Gasteiger partial charge in [0.2, 0.25) is 0 Å². The Morgan fingerprint density at radius 2 is 1.68 bits per heavy atom. The molecule has 9 nitrogen and oxygen atoms in total. The van der Waals surface area contributed by atoms with Crippen LogP contribution in [0.25, 0.3) is 10.9 Å². The maximum absolute atomic E-state index is 12.0. The van der Waals surface area contributed by atoms with E-state index < -0.39 is 9.85 Å². The summed E-state index contributed by atoms with van der Waals surface area (Å²) in [6, 6.07) is 10.3. The van der Waals surface area contributed by atoms with E-state index in [0.717, 1.165) is 17.8 Å². The van der Waals surface area contributed by atoms with Gasteiger partial charge in [-0.1, -0.05) is 23.9 Å². The number of non-ortho nitro benzene ring substituents is 2. The van der Waals surface area contributed by atoms with Crippen LogP contribution in [0.2, 0.25) is 0 Å². The smallest absolute Gasteiger partial charge is 0.276 e. The van der Waals surface area contributed by atoms with Gasteiger partial charge in [0.1, 0.15) is 0 Å². The number of nitrogens with zero attached hydrogens (tertiary/aromatic N) is 3. The van der Waals surface area contributed by atoms with Gasteiger partial charge in [-0.15, -0.1) is 0 Å². The predicted molar refractivity (Wildman–Crippen MR) is 91.7 cm³/mol. The first-order valence-corrected chi connectivity index (χ1v) is 7.97. The predicted octanol–water partition coefficient (Wildman–Crippen LogP) is 3.03. The van der Waals surface area contributed by atoms with Crippen LogP contribution in [0.5, 0.6) is 0 Å². The van der Waals surface area contributed by atoms with Crippen molar-refractivity contribution in [2.24, 2.45) is 0 Å². The van der Waals surface area contributed by atoms with E-state index in [9.17, 15) is 25.0 Å². The number of fused-ring (bicyclic) bond motifs is 1. The molecule has 0 aliphatic rings. The van der Waals surface area contributed by atoms with Crippen molar-refractivity contribution in [3.8, 4) is 0 Å². The van der Waals surface area contributed by atoms with Gasteiger partial charge in [0.25, 0.3) is 16.9 Å². The second-order valence-electron chi connectivity index (χ2n) is 5.05. The Kier molecular flexibility index (Phi) is 4.44. The van der Waals surface area contributed by atoms with E-state index in [0.29, 0.717) is 21.6 Å². The number of nitro groups is 2. The minimum absolute atomic E-state index is 0.184. The summed E-state index contributed by atoms with van der Waals surface area (Å²) in [6.45, 7) is 0. The maximum Gasteiger partial charge on any atom is 0.276 e. The number of benzene rings is 2. The molecule has 10 heteroatoms. The number of rotatable bonds is 5. The fourth-order valence-electron chi connectivity index (χ4n) is 2.24. The number of nitrogens with one attached hydrogen (secondary N) is 1. The molecule has 0 spiro atoms. The average molecular weight is 358 g/mol. The van der Waals surface area contributed by atoms with E-state index >= 15 is 0 Å². The summed E-state index contributed by atoms with van der Waals surface area (Å²) >= 11 is 1.13. The van der Waals surface area contributed by atoms with Crippen LogP contribution < -0.4 is 5.56 Å². The number of aromatic nitrogens is 2. The van der Waals surface area contributed by atoms with Crippen molar-refractivity contribution >= 4 is 34.0 Å². The van der Waals surface area contributed by atoms with Crippen molar-refractivity contribution in [3.63, 3.8) is 0 Å². The molecular weight excluding hydrogens is 348 g/mol. The number of H-pyrrole nitrogens is 1. The highest BCUT2D eigenvalue weighted by Gasteiger charge is 2.16. The van der Waals surface area contributed by atoms with Crippen LogP contribution in [0.15, 0.2) is 52.4 Å². The monoisotopic (exact) mass is 358 g/mol. The zero-order valence-corrected chi connectivity index (χ0v) is 13.4. The van der Waals surface area contributed by atoms with E-state index in [-0.39, 0.29) is 22.7 Å². The zero-order chi connectivity index (χ0) is 18.0. The largest absolute Gasteiger partial charge is 0.301 e. The fraction of sp³-hybridized carbons (Fsp3) is 0.0667. The molecule has 0 aliphatic carbocycles. The van der Waals surface area contributed by atoms with Crippen molar-refractivity contribution in [3.05, 3.63) is 78.6 Å². The molecule has 2 aromatic carbocycles. The van der Waals surface area contributed by atoms with Crippen LogP contribution in [-0.2, 0) is 5.75 Å². The van der Waals surface area contributed by atoms with Crippen LogP contribution in [-0.4, -0.2) is 19.8 Å². The first-order valence-electron chi connectivity index (χ1n) is 6.98. The molecule has 1 heterocycles. The highest BCUT2D eigenvalue weighted by molar-refractivity contribution is 7.98. The lowest BCUT2D eigenvalue weighted by Crippen LogP contribution is -2.08. The summed E-state index contributed by atoms with van der Waals surface area (Å²) < 4.78 is 0. The van der Waals surface area contributed by atoms with E-state index in [4.69, 9.17) is 0 Å². The van der Waals surface area contributed by atoms with Gasteiger partial charge in [0.05, 0.1) is 26.8 Å². The van der Waals surface area contributed by atoms with E-state index in [1.54, 1.807) is 24.3 Å². The molecule has 0 bridgehead atoms. The number of nitro benzene ring substituents is 2. The second-order valence-corrected chi connectivity index (χ2v) is 6.01. The summed E-state index contributed by atoms with van der Waals surface area (Å²) in [6.07, 6.45) is 0. The third-order valence-electron chi connectivity index (χ3n) is 3.35. The SMILES string of the molecule is O=c1[nH]c(SCc2cc([N+](=O)[O-])cc([N+](=O)[O-])c2)nc2ccccc12. The number of hydrogen-bond donors (Lipinski definition) is 1. The molecule has 126 valence electrons. The Morgan fingerprint density at radius 1 is 1.04 bits per heavy atom. The summed E-state index contributed by atoms with van der Waals surface area (Å²) in [4.78, 5) is 39.4. The van der Waals surface area contributed by atoms with Crippen LogP contribution in [0, 0.1) is 20.2 Å². The first kappa shape index (κ1) is 16.6. The molecule has 1 N–H and O–H groups in total. The molecule has 1 aromatic heterocycles. The molecule has 0 radical (unpaired) electrons. The number of hydrogen-bond acceptors (Lipinski definition) is 7. The van der Waals surface area contributed by atoms with Crippen LogP contribution >= 0.6 is 11.8 Å². The van der Waals surface area contributed by atoms with Gasteiger partial charge in [0, 0.05) is 17.9 Å². The average Bonchev–Trinajstić information content (AvgIpc) is 2.59. The Balaban J connectivity index is 1.90. The quantitative estimate of drug-likeness (QED) is 0.321. The summed E-state index contributed by atoms with van der Waals surface area (Å²) in [5.41, 5.74) is -0.0897. The third-order valence-corrected chi connectivity index (χ3v) is 4.30. The highest BCUT2D eigenvalue weighted by Crippen LogP contribution is 2.27. The van der Waals surface area contributed by atoms with Crippen LogP contribution in [0.1, 0.15) is 5.56 Å². The van der Waals surface area contributed by atoms with E-state index in [1.165, 1.54) is 12.1 Å². The molecule has 3 aromatic rings. The third kappa shape index (κ3) is 3.63. The maximum atomic E-state index is 12.0. The van der Waals surface area contributed by atoms with Crippen LogP contribution in [0.4, 0.5) is 11.4 Å². The number of para-hydroxylation sites is 1. The van der Waals surface area contributed by atoms with E-state index in [1.807, 2.05) is 0 Å². The van der Waals surface area contributed by atoms with Gasteiger partial charge in [-0.2, -0.15) is 0 Å². The molecule has 0 saturated heterocycles. The Hall–Kier alpha value is -3.27. The minimum Gasteiger partial charge on any atom is -0.301 e. The Bertz CT molecular complexity index is 1020. The topological polar surface area (TPSA) is 132 Å². The Labute approximate surface area is 144 Å². The highest BCUT2D eigenvalue weighted by atomic mass is 32.2. The molecule has 0 amide bonds. The number of aromatic amines is 1. The lowest BCUT2D eigenvalue weighted by molar-refractivity contribution is -0.394. The minimum atomic E-state index is -0.683. The molecule has 0 aliphatic heterocycles. The lowest BCUT2D eigenvalue weighted by Gasteiger charge is -2.03. The standard InChI is InChI=1S/C15H10N4O5S/c20-14-12-3-1-2-4-13(12)16-15(17-14)25-8-9-5-10(18(21)22)7-11(6-9)19(23)24/h1-7H,8H2,(H,16,17,20). The normalized spacial score (nSPS) is 10.7. The molecule has 0 saturated carbocycles. The molecule has 3 rings (SSSR count). The second kappa shape index (κ2) is 6.69. The van der Waals surface area contributed by atoms with Crippen LogP contribution in [0.3, 0.4) is 0 Å². The molecular formula is C15H10N4O5S. The molecule has 0 fully saturated rings. The van der Waals surface area contributed by atoms with Gasteiger partial charge in [0.15, 0.2) is 5.16 Å². The van der Waals surface area contributed by atoms with Gasteiger partial charge in [-0.25, -0.2) is 4.98 Å². The van der Waals surface area contributed by atoms with Crippen molar-refractivity contribution in [1.82, 2.24) is 9.97 Å². The van der Waals surface area contributed by atoms with Gasteiger partial charge in [-0.05, 0) is 17.7 Å². The molecule has 25 heavy (non-hydrogen) atoms. The summed E-state index contributed by atoms with van der Waals surface area (Å²) in [7, 11) is 0. The molecule has 0 unspecified atom stereocenters. The molecule has 0 atom stereocenters. The van der Waals surface area contributed by atoms with Gasteiger partial charge >= 0.3 is 0 Å². The Morgan fingerprint density at radius 3 is 2.32 bits per heavy atom. The summed E-state index contributed by atoms with van der Waals surface area (Å²) in [5.74, 6) is 0.184. The van der Waals surface area contributed by atoms with E-state index in [2.05, 4.69) is 9.97 Å². The summed E-state index contributed by atoms with van der Waals surface area (Å²) in [5, 5.41) is 22.6. The first-order chi connectivity index (χ1) is 11.9. The van der Waals surface area contributed by atoms with Gasteiger partial charge in [-0.3, -0.25) is 25.0 Å². The lowest BCUT2D eigenvalue weighted by atomic mass is 10.2. The van der Waals surface area contributed by atoms with Crippen molar-refractivity contribution < 1.29 is 9.85 Å². The fourth-order valence-corrected chi connectivity index (χ4v) is 3.03. The van der Waals surface area contributed by atoms with Crippen molar-refractivity contribution in [1.29, 1.82) is 0 Å². The van der Waals surface area contributed by atoms with Crippen molar-refractivity contribution in [2.75, 3.05) is 0 Å².